The molecule has 11 heteroatoms. The van der Waals surface area contributed by atoms with Gasteiger partial charge in [-0.05, 0) is 82.6 Å². The number of benzene rings is 2. The number of halogens is 1. The second-order valence-electron chi connectivity index (χ2n) is 11.8. The largest absolute Gasteiger partial charge is 0.389 e. The summed E-state index contributed by atoms with van der Waals surface area (Å²) >= 11 is 3.54. The standard InChI is InChI=1S/2C17H23NO3S.ClH/c2*19-15-11-18(12-16(15)20)6-1-7-21-8-4-13-2-3-17-14(10-13)5-9-22-17;/h2*2-3,5,9-10,15-16,19-20H,1,4,6-8,11-12H2;1H/t2*15-,16+;. The SMILES string of the molecule is Cl.O[C@@H]1CN(CCCOCCc2ccc3sccc3c2)C[C@@H]1O.O[C@@H]1CN(CCCOCCc2ccc3sccc3c2)C[C@@H]1O. The first-order chi connectivity index (χ1) is 21.4. The highest BCUT2D eigenvalue weighted by molar-refractivity contribution is 7.17. The molecule has 2 aliphatic rings. The minimum absolute atomic E-state index is 0. The molecule has 4 N–H and O–H groups in total. The summed E-state index contributed by atoms with van der Waals surface area (Å²) in [6.45, 7) is 6.95. The van der Waals surface area contributed by atoms with Gasteiger partial charge in [0.1, 0.15) is 0 Å². The minimum atomic E-state index is -0.590. The van der Waals surface area contributed by atoms with Gasteiger partial charge in [0.15, 0.2) is 0 Å². The number of thiophene rings is 2. The van der Waals surface area contributed by atoms with Gasteiger partial charge in [0, 0.05) is 61.9 Å². The van der Waals surface area contributed by atoms with Crippen LogP contribution in [0.25, 0.3) is 20.2 Å². The molecule has 2 aromatic heterocycles. The van der Waals surface area contributed by atoms with Crippen molar-refractivity contribution in [3.8, 4) is 0 Å². The lowest BCUT2D eigenvalue weighted by atomic mass is 10.1. The summed E-state index contributed by atoms with van der Waals surface area (Å²) in [5.74, 6) is 0. The average Bonchev–Trinajstić information content (AvgIpc) is 3.81. The first-order valence-electron chi connectivity index (χ1n) is 15.7. The van der Waals surface area contributed by atoms with E-state index in [1.54, 1.807) is 22.7 Å². The predicted molar refractivity (Wildman–Crippen MR) is 186 cm³/mol. The van der Waals surface area contributed by atoms with E-state index in [2.05, 4.69) is 69.1 Å². The lowest BCUT2D eigenvalue weighted by molar-refractivity contribution is 0.0572. The van der Waals surface area contributed by atoms with E-state index in [1.165, 1.54) is 31.3 Å². The summed E-state index contributed by atoms with van der Waals surface area (Å²) in [7, 11) is 0. The van der Waals surface area contributed by atoms with Gasteiger partial charge in [-0.3, -0.25) is 9.80 Å². The van der Waals surface area contributed by atoms with Crippen molar-refractivity contribution < 1.29 is 29.9 Å². The summed E-state index contributed by atoms with van der Waals surface area (Å²) in [5, 5.41) is 44.8. The van der Waals surface area contributed by atoms with Crippen LogP contribution >= 0.6 is 35.1 Å². The average molecular weight is 679 g/mol. The first kappa shape index (κ1) is 36.2. The highest BCUT2D eigenvalue weighted by atomic mass is 35.5. The molecule has 0 unspecified atom stereocenters. The third-order valence-electron chi connectivity index (χ3n) is 8.30. The molecule has 0 amide bonds. The lowest BCUT2D eigenvalue weighted by Crippen LogP contribution is -2.24. The highest BCUT2D eigenvalue weighted by Gasteiger charge is 2.29. The Hall–Kier alpha value is -1.67. The number of hydrogen-bond donors (Lipinski definition) is 4. The summed E-state index contributed by atoms with van der Waals surface area (Å²) in [6, 6.07) is 17.5. The molecule has 6 rings (SSSR count). The molecule has 45 heavy (non-hydrogen) atoms. The Bertz CT molecular complexity index is 1290. The summed E-state index contributed by atoms with van der Waals surface area (Å²) in [4.78, 5) is 4.17. The molecule has 2 aliphatic heterocycles. The van der Waals surface area contributed by atoms with Crippen molar-refractivity contribution in [3.05, 3.63) is 70.4 Å². The van der Waals surface area contributed by atoms with Crippen LogP contribution in [0.5, 0.6) is 0 Å². The smallest absolute Gasteiger partial charge is 0.0938 e. The number of likely N-dealkylation sites (tertiary alicyclic amines) is 2. The maximum atomic E-state index is 9.47. The maximum Gasteiger partial charge on any atom is 0.0938 e. The molecular weight excluding hydrogens is 632 g/mol. The third kappa shape index (κ3) is 11.2. The minimum Gasteiger partial charge on any atom is -0.389 e. The molecular formula is C34H47ClN2O6S2. The zero-order valence-electron chi connectivity index (χ0n) is 25.7. The molecule has 4 heterocycles. The van der Waals surface area contributed by atoms with E-state index >= 15 is 0 Å². The van der Waals surface area contributed by atoms with Gasteiger partial charge in [0.05, 0.1) is 37.6 Å². The van der Waals surface area contributed by atoms with E-state index < -0.39 is 24.4 Å². The van der Waals surface area contributed by atoms with Gasteiger partial charge in [-0.15, -0.1) is 35.1 Å². The molecule has 0 spiro atoms. The Morgan fingerprint density at radius 2 is 0.978 bits per heavy atom. The maximum absolute atomic E-state index is 9.47. The Morgan fingerprint density at radius 3 is 1.38 bits per heavy atom. The van der Waals surface area contributed by atoms with Crippen molar-refractivity contribution in [2.24, 2.45) is 0 Å². The summed E-state index contributed by atoms with van der Waals surface area (Å²) in [6.07, 6.45) is 1.38. The van der Waals surface area contributed by atoms with Crippen molar-refractivity contribution >= 4 is 55.3 Å². The molecule has 0 aliphatic carbocycles. The van der Waals surface area contributed by atoms with Gasteiger partial charge in [0.25, 0.3) is 0 Å². The van der Waals surface area contributed by atoms with Crippen LogP contribution in [0.1, 0.15) is 24.0 Å². The fourth-order valence-electron chi connectivity index (χ4n) is 5.77. The van der Waals surface area contributed by atoms with Crippen molar-refractivity contribution in [1.29, 1.82) is 0 Å². The van der Waals surface area contributed by atoms with Crippen LogP contribution in [0.4, 0.5) is 0 Å². The van der Waals surface area contributed by atoms with E-state index in [-0.39, 0.29) is 12.4 Å². The van der Waals surface area contributed by atoms with Crippen molar-refractivity contribution in [2.45, 2.75) is 50.1 Å². The molecule has 0 saturated carbocycles. The molecule has 8 nitrogen and oxygen atoms in total. The molecule has 0 radical (unpaired) electrons. The van der Waals surface area contributed by atoms with Gasteiger partial charge in [0.2, 0.25) is 0 Å². The fourth-order valence-corrected chi connectivity index (χ4v) is 7.31. The van der Waals surface area contributed by atoms with Gasteiger partial charge >= 0.3 is 0 Å². The number of fused-ring (bicyclic) bond motifs is 2. The topological polar surface area (TPSA) is 106 Å². The Morgan fingerprint density at radius 1 is 0.578 bits per heavy atom. The quantitative estimate of drug-likeness (QED) is 0.147. The lowest BCUT2D eigenvalue weighted by Gasteiger charge is -2.14. The van der Waals surface area contributed by atoms with E-state index in [4.69, 9.17) is 9.47 Å². The van der Waals surface area contributed by atoms with Crippen LogP contribution in [0.2, 0.25) is 0 Å². The zero-order valence-corrected chi connectivity index (χ0v) is 28.2. The Kier molecular flexibility index (Phi) is 15.0. The monoisotopic (exact) mass is 678 g/mol. The Balaban J connectivity index is 0.000000200. The molecule has 2 fully saturated rings. The van der Waals surface area contributed by atoms with Crippen LogP contribution in [-0.4, -0.2) is 120 Å². The van der Waals surface area contributed by atoms with Crippen molar-refractivity contribution in [3.63, 3.8) is 0 Å². The summed E-state index contributed by atoms with van der Waals surface area (Å²) < 4.78 is 14.1. The number of aliphatic hydroxyl groups excluding tert-OH is 4. The Labute approximate surface area is 280 Å². The highest BCUT2D eigenvalue weighted by Crippen LogP contribution is 2.23. The molecule has 4 aromatic rings. The van der Waals surface area contributed by atoms with Crippen molar-refractivity contribution in [1.82, 2.24) is 9.80 Å². The fraction of sp³-hybridized carbons (Fsp3) is 0.529. The number of hydrogen-bond acceptors (Lipinski definition) is 10. The number of rotatable bonds is 14. The predicted octanol–water partition coefficient (Wildman–Crippen LogP) is 4.20. The molecule has 4 atom stereocenters. The first-order valence-corrected chi connectivity index (χ1v) is 17.5. The normalized spacial score (nSPS) is 22.1. The van der Waals surface area contributed by atoms with E-state index in [0.717, 1.165) is 65.2 Å². The van der Waals surface area contributed by atoms with Crippen LogP contribution < -0.4 is 0 Å². The number of nitrogens with zero attached hydrogens (tertiary/aromatic N) is 2. The number of β-amino-alcohol motifs (C(OH)–C–C–N with tert-alkyl or cyclic N) is 4. The second-order valence-corrected chi connectivity index (χ2v) is 13.7. The molecule has 248 valence electrons. The van der Waals surface area contributed by atoms with Gasteiger partial charge in [-0.1, -0.05) is 24.3 Å². The van der Waals surface area contributed by atoms with E-state index in [9.17, 15) is 20.4 Å². The molecule has 2 saturated heterocycles. The van der Waals surface area contributed by atoms with Crippen LogP contribution in [-0.2, 0) is 22.3 Å². The van der Waals surface area contributed by atoms with E-state index in [1.807, 2.05) is 0 Å². The third-order valence-corrected chi connectivity index (χ3v) is 10.1. The van der Waals surface area contributed by atoms with Gasteiger partial charge in [-0.25, -0.2) is 0 Å². The second kappa shape index (κ2) is 18.6. The molecule has 2 aromatic carbocycles. The van der Waals surface area contributed by atoms with Crippen molar-refractivity contribution in [2.75, 3.05) is 65.7 Å². The van der Waals surface area contributed by atoms with Crippen LogP contribution in [0, 0.1) is 0 Å². The van der Waals surface area contributed by atoms with E-state index in [0.29, 0.717) is 26.2 Å². The number of aliphatic hydroxyl groups is 4. The van der Waals surface area contributed by atoms with Gasteiger partial charge < -0.3 is 29.9 Å². The van der Waals surface area contributed by atoms with Gasteiger partial charge in [-0.2, -0.15) is 0 Å². The zero-order chi connectivity index (χ0) is 30.7. The summed E-state index contributed by atoms with van der Waals surface area (Å²) in [5.41, 5.74) is 2.63. The number of ether oxygens (including phenoxy) is 2. The van der Waals surface area contributed by atoms with Crippen LogP contribution in [0.15, 0.2) is 59.3 Å². The molecule has 0 bridgehead atoms. The van der Waals surface area contributed by atoms with Crippen LogP contribution in [0.3, 0.4) is 0 Å².